The maximum Gasteiger partial charge on any atom is 0.269 e. The molecular formula is C20H20ClN5O3. The highest BCUT2D eigenvalue weighted by molar-refractivity contribution is 6.32. The summed E-state index contributed by atoms with van der Waals surface area (Å²) < 4.78 is 13.0. The number of nitrogens with zero attached hydrogens (tertiary/aromatic N) is 4. The summed E-state index contributed by atoms with van der Waals surface area (Å²) >= 11 is 6.42. The largest absolute Gasteiger partial charge is 0.490 e. The third-order valence-corrected chi connectivity index (χ3v) is 4.68. The fourth-order valence-electron chi connectivity index (χ4n) is 3.15. The number of benzene rings is 1. The molecular weight excluding hydrogens is 394 g/mol. The lowest BCUT2D eigenvalue weighted by Crippen LogP contribution is -2.35. The van der Waals surface area contributed by atoms with Crippen LogP contribution in [0, 0.1) is 0 Å². The fraction of sp³-hybridized carbons (Fsp3) is 0.300. The van der Waals surface area contributed by atoms with Crippen LogP contribution in [-0.4, -0.2) is 45.4 Å². The van der Waals surface area contributed by atoms with Gasteiger partial charge >= 0.3 is 0 Å². The van der Waals surface area contributed by atoms with Gasteiger partial charge in [-0.1, -0.05) is 11.6 Å². The van der Waals surface area contributed by atoms with E-state index < -0.39 is 0 Å². The Labute approximate surface area is 172 Å². The summed E-state index contributed by atoms with van der Waals surface area (Å²) in [6.07, 6.45) is 1.65. The van der Waals surface area contributed by atoms with E-state index in [2.05, 4.69) is 20.4 Å². The molecule has 0 fully saturated rings. The molecule has 0 atom stereocenters. The van der Waals surface area contributed by atoms with Gasteiger partial charge in [-0.2, -0.15) is 5.10 Å². The first-order chi connectivity index (χ1) is 14.1. The molecule has 0 bridgehead atoms. The van der Waals surface area contributed by atoms with Gasteiger partial charge in [0.2, 0.25) is 0 Å². The van der Waals surface area contributed by atoms with E-state index in [0.717, 1.165) is 0 Å². The number of hydrogen-bond donors (Lipinski definition) is 1. The van der Waals surface area contributed by atoms with Gasteiger partial charge in [0.1, 0.15) is 11.4 Å². The highest BCUT2D eigenvalue weighted by Gasteiger charge is 2.21. The normalized spacial score (nSPS) is 13.0. The van der Waals surface area contributed by atoms with Crippen LogP contribution in [0.4, 0.5) is 0 Å². The number of rotatable bonds is 6. The van der Waals surface area contributed by atoms with Gasteiger partial charge in [-0.3, -0.25) is 9.48 Å². The van der Waals surface area contributed by atoms with E-state index in [1.807, 2.05) is 19.9 Å². The lowest BCUT2D eigenvalue weighted by molar-refractivity contribution is 0.0924. The first-order valence-corrected chi connectivity index (χ1v) is 9.77. The third kappa shape index (κ3) is 3.75. The molecule has 0 radical (unpaired) electrons. The smallest absolute Gasteiger partial charge is 0.269 e. The SMILES string of the molecule is CCOc1cc(-c2nccc(-c3cc4n(n3)CCNC4=O)n2)cc(Cl)c1OCC. The number of hydrogen-bond acceptors (Lipinski definition) is 6. The van der Waals surface area contributed by atoms with E-state index in [0.29, 0.717) is 71.3 Å². The van der Waals surface area contributed by atoms with Crippen LogP contribution in [0.3, 0.4) is 0 Å². The average Bonchev–Trinajstić information content (AvgIpc) is 3.16. The van der Waals surface area contributed by atoms with E-state index in [9.17, 15) is 4.79 Å². The Balaban J connectivity index is 1.73. The predicted octanol–water partition coefficient (Wildman–Crippen LogP) is 3.20. The number of carbonyl (C=O) groups excluding carboxylic acids is 1. The zero-order chi connectivity index (χ0) is 20.4. The van der Waals surface area contributed by atoms with Gasteiger partial charge < -0.3 is 14.8 Å². The maximum absolute atomic E-state index is 12.0. The van der Waals surface area contributed by atoms with Gasteiger partial charge in [0.15, 0.2) is 17.3 Å². The molecule has 0 spiro atoms. The molecule has 1 N–H and O–H groups in total. The summed E-state index contributed by atoms with van der Waals surface area (Å²) in [7, 11) is 0. The van der Waals surface area contributed by atoms with Gasteiger partial charge in [-0.25, -0.2) is 9.97 Å². The molecule has 29 heavy (non-hydrogen) atoms. The van der Waals surface area contributed by atoms with E-state index in [1.165, 1.54) is 0 Å². The lowest BCUT2D eigenvalue weighted by Gasteiger charge is -2.14. The van der Waals surface area contributed by atoms with Crippen molar-refractivity contribution < 1.29 is 14.3 Å². The van der Waals surface area contributed by atoms with Gasteiger partial charge in [-0.15, -0.1) is 0 Å². The molecule has 1 amide bonds. The van der Waals surface area contributed by atoms with Crippen molar-refractivity contribution in [3.63, 3.8) is 0 Å². The van der Waals surface area contributed by atoms with Gasteiger partial charge in [-0.05, 0) is 38.1 Å². The molecule has 0 unspecified atom stereocenters. The molecule has 2 aromatic heterocycles. The van der Waals surface area contributed by atoms with Gasteiger partial charge in [0.25, 0.3) is 5.91 Å². The minimum Gasteiger partial charge on any atom is -0.490 e. The number of ether oxygens (including phenoxy) is 2. The molecule has 9 heteroatoms. The molecule has 3 aromatic rings. The molecule has 1 aromatic carbocycles. The molecule has 3 heterocycles. The number of carbonyl (C=O) groups is 1. The summed E-state index contributed by atoms with van der Waals surface area (Å²) in [4.78, 5) is 21.0. The second-order valence-electron chi connectivity index (χ2n) is 6.31. The molecule has 0 saturated heterocycles. The third-order valence-electron chi connectivity index (χ3n) is 4.40. The predicted molar refractivity (Wildman–Crippen MR) is 108 cm³/mol. The van der Waals surface area contributed by atoms with E-state index in [1.54, 1.807) is 29.1 Å². The van der Waals surface area contributed by atoms with Crippen LogP contribution in [0.1, 0.15) is 24.3 Å². The van der Waals surface area contributed by atoms with Crippen LogP contribution in [0.25, 0.3) is 22.8 Å². The number of halogens is 1. The zero-order valence-corrected chi connectivity index (χ0v) is 16.9. The van der Waals surface area contributed by atoms with E-state index >= 15 is 0 Å². The molecule has 1 aliphatic rings. The van der Waals surface area contributed by atoms with Crippen LogP contribution >= 0.6 is 11.6 Å². The maximum atomic E-state index is 12.0. The molecule has 1 aliphatic heterocycles. The minimum absolute atomic E-state index is 0.135. The molecule has 0 saturated carbocycles. The average molecular weight is 414 g/mol. The second kappa shape index (κ2) is 8.08. The Morgan fingerprint density at radius 2 is 2.00 bits per heavy atom. The van der Waals surface area contributed by atoms with Crippen LogP contribution in [0.2, 0.25) is 5.02 Å². The van der Waals surface area contributed by atoms with Crippen LogP contribution in [-0.2, 0) is 6.54 Å². The van der Waals surface area contributed by atoms with Crippen molar-refractivity contribution in [2.24, 2.45) is 0 Å². The van der Waals surface area contributed by atoms with Crippen molar-refractivity contribution in [2.45, 2.75) is 20.4 Å². The number of fused-ring (bicyclic) bond motifs is 1. The zero-order valence-electron chi connectivity index (χ0n) is 16.1. The Morgan fingerprint density at radius 3 is 2.76 bits per heavy atom. The Morgan fingerprint density at radius 1 is 1.17 bits per heavy atom. The Bertz CT molecular complexity index is 1070. The van der Waals surface area contributed by atoms with Crippen LogP contribution < -0.4 is 14.8 Å². The first-order valence-electron chi connectivity index (χ1n) is 9.39. The summed E-state index contributed by atoms with van der Waals surface area (Å²) in [6.45, 7) is 5.92. The topological polar surface area (TPSA) is 91.2 Å². The highest BCUT2D eigenvalue weighted by Crippen LogP contribution is 2.39. The molecule has 0 aliphatic carbocycles. The van der Waals surface area contributed by atoms with E-state index in [-0.39, 0.29) is 5.91 Å². The molecule has 4 rings (SSSR count). The van der Waals surface area contributed by atoms with E-state index in [4.69, 9.17) is 21.1 Å². The summed E-state index contributed by atoms with van der Waals surface area (Å²) in [6, 6.07) is 7.05. The van der Waals surface area contributed by atoms with Crippen molar-refractivity contribution in [1.82, 2.24) is 25.1 Å². The Kier molecular flexibility index (Phi) is 5.35. The van der Waals surface area contributed by atoms with Crippen molar-refractivity contribution in [3.8, 4) is 34.3 Å². The summed E-state index contributed by atoms with van der Waals surface area (Å²) in [5.41, 5.74) is 2.45. The first kappa shape index (κ1) is 19.2. The Hall–Kier alpha value is -3.13. The van der Waals surface area contributed by atoms with Crippen molar-refractivity contribution >= 4 is 17.5 Å². The van der Waals surface area contributed by atoms with Crippen molar-refractivity contribution in [2.75, 3.05) is 19.8 Å². The number of nitrogens with one attached hydrogen (secondary N) is 1. The molecule has 8 nitrogen and oxygen atoms in total. The minimum atomic E-state index is -0.135. The highest BCUT2D eigenvalue weighted by atomic mass is 35.5. The van der Waals surface area contributed by atoms with Crippen LogP contribution in [0.5, 0.6) is 11.5 Å². The lowest BCUT2D eigenvalue weighted by atomic mass is 10.1. The van der Waals surface area contributed by atoms with Crippen LogP contribution in [0.15, 0.2) is 30.5 Å². The van der Waals surface area contributed by atoms with Crippen molar-refractivity contribution in [1.29, 1.82) is 0 Å². The summed E-state index contributed by atoms with van der Waals surface area (Å²) in [5, 5.41) is 7.74. The quantitative estimate of drug-likeness (QED) is 0.667. The van der Waals surface area contributed by atoms with Gasteiger partial charge in [0, 0.05) is 18.3 Å². The molecule has 150 valence electrons. The second-order valence-corrected chi connectivity index (χ2v) is 6.72. The monoisotopic (exact) mass is 413 g/mol. The van der Waals surface area contributed by atoms with Gasteiger partial charge in [0.05, 0.1) is 30.5 Å². The number of aromatic nitrogens is 4. The number of amides is 1. The summed E-state index contributed by atoms with van der Waals surface area (Å²) in [5.74, 6) is 1.39. The van der Waals surface area contributed by atoms with Crippen molar-refractivity contribution in [3.05, 3.63) is 41.2 Å². The standard InChI is InChI=1S/C20H20ClN5O3/c1-3-28-17-10-12(9-13(21)18(17)29-4-2)19-22-6-5-14(24-19)15-11-16-20(27)23-7-8-26(16)25-15/h5-6,9-11H,3-4,7-8H2,1-2H3,(H,23,27). The fourth-order valence-corrected chi connectivity index (χ4v) is 3.41.